The molecule has 0 saturated carbocycles. The molecule has 0 aliphatic rings. The average Bonchev–Trinajstić information content (AvgIpc) is 2.52. The standard InChI is InChI=1S/C17H28O4/c1-5-6-7-8-9-10-14(18)13-11-15(19-2)17(21-4)16(12-13)20-3/h11-12,14,18H,5-10H2,1-4H3. The lowest BCUT2D eigenvalue weighted by molar-refractivity contribution is 0.162. The highest BCUT2D eigenvalue weighted by Crippen LogP contribution is 2.40. The second-order valence-corrected chi connectivity index (χ2v) is 5.18. The van der Waals surface area contributed by atoms with E-state index in [2.05, 4.69) is 6.92 Å². The molecule has 0 heterocycles. The van der Waals surface area contributed by atoms with Crippen molar-refractivity contribution in [1.82, 2.24) is 0 Å². The van der Waals surface area contributed by atoms with Crippen LogP contribution in [0.15, 0.2) is 12.1 Å². The second-order valence-electron chi connectivity index (χ2n) is 5.18. The van der Waals surface area contributed by atoms with Crippen molar-refractivity contribution in [3.8, 4) is 17.2 Å². The van der Waals surface area contributed by atoms with Crippen molar-refractivity contribution in [2.75, 3.05) is 21.3 Å². The van der Waals surface area contributed by atoms with Crippen LogP contribution in [0.2, 0.25) is 0 Å². The Morgan fingerprint density at radius 2 is 1.48 bits per heavy atom. The van der Waals surface area contributed by atoms with Gasteiger partial charge in [-0.3, -0.25) is 0 Å². The fourth-order valence-corrected chi connectivity index (χ4v) is 2.40. The number of aliphatic hydroxyl groups excluding tert-OH is 1. The lowest BCUT2D eigenvalue weighted by atomic mass is 10.0. The van der Waals surface area contributed by atoms with Gasteiger partial charge in [0.2, 0.25) is 5.75 Å². The van der Waals surface area contributed by atoms with Crippen molar-refractivity contribution in [1.29, 1.82) is 0 Å². The quantitative estimate of drug-likeness (QED) is 0.660. The molecule has 0 aliphatic heterocycles. The van der Waals surface area contributed by atoms with E-state index < -0.39 is 6.10 Å². The highest BCUT2D eigenvalue weighted by molar-refractivity contribution is 5.54. The molecule has 4 nitrogen and oxygen atoms in total. The molecule has 4 heteroatoms. The van der Waals surface area contributed by atoms with Crippen LogP contribution in [0.4, 0.5) is 0 Å². The van der Waals surface area contributed by atoms with Gasteiger partial charge in [0.1, 0.15) is 0 Å². The summed E-state index contributed by atoms with van der Waals surface area (Å²) < 4.78 is 15.9. The van der Waals surface area contributed by atoms with Crippen LogP contribution in [-0.2, 0) is 0 Å². The first-order valence-corrected chi connectivity index (χ1v) is 7.65. The summed E-state index contributed by atoms with van der Waals surface area (Å²) in [5, 5.41) is 10.3. The third-order valence-electron chi connectivity index (χ3n) is 3.65. The van der Waals surface area contributed by atoms with Crippen molar-refractivity contribution in [3.63, 3.8) is 0 Å². The van der Waals surface area contributed by atoms with Gasteiger partial charge < -0.3 is 19.3 Å². The third-order valence-corrected chi connectivity index (χ3v) is 3.65. The van der Waals surface area contributed by atoms with Crippen molar-refractivity contribution >= 4 is 0 Å². The van der Waals surface area contributed by atoms with Crippen LogP contribution >= 0.6 is 0 Å². The fourth-order valence-electron chi connectivity index (χ4n) is 2.40. The first kappa shape index (κ1) is 17.6. The van der Waals surface area contributed by atoms with E-state index in [9.17, 15) is 5.11 Å². The van der Waals surface area contributed by atoms with Gasteiger partial charge in [0.05, 0.1) is 27.4 Å². The first-order valence-electron chi connectivity index (χ1n) is 7.65. The zero-order valence-corrected chi connectivity index (χ0v) is 13.6. The number of hydrogen-bond acceptors (Lipinski definition) is 4. The molecule has 0 spiro atoms. The minimum Gasteiger partial charge on any atom is -0.493 e. The SMILES string of the molecule is CCCCCCCC(O)c1cc(OC)c(OC)c(OC)c1. The zero-order valence-electron chi connectivity index (χ0n) is 13.6. The van der Waals surface area contributed by atoms with Gasteiger partial charge in [-0.25, -0.2) is 0 Å². The Hall–Kier alpha value is -1.42. The van der Waals surface area contributed by atoms with Crippen molar-refractivity contribution in [2.45, 2.75) is 51.6 Å². The van der Waals surface area contributed by atoms with Gasteiger partial charge in [-0.05, 0) is 24.1 Å². The normalized spacial score (nSPS) is 12.0. The highest BCUT2D eigenvalue weighted by atomic mass is 16.5. The molecule has 120 valence electrons. The fraction of sp³-hybridized carbons (Fsp3) is 0.647. The van der Waals surface area contributed by atoms with Crippen molar-refractivity contribution in [3.05, 3.63) is 17.7 Å². The molecule has 0 amide bonds. The Morgan fingerprint density at radius 3 is 1.95 bits per heavy atom. The number of methoxy groups -OCH3 is 3. The van der Waals surface area contributed by atoms with Gasteiger partial charge in [0.15, 0.2) is 11.5 Å². The summed E-state index contributed by atoms with van der Waals surface area (Å²) in [5.41, 5.74) is 0.806. The molecule has 1 unspecified atom stereocenters. The lowest BCUT2D eigenvalue weighted by Gasteiger charge is -2.17. The summed E-state index contributed by atoms with van der Waals surface area (Å²) in [5.74, 6) is 1.72. The molecule has 21 heavy (non-hydrogen) atoms. The zero-order chi connectivity index (χ0) is 15.7. The molecular weight excluding hydrogens is 268 g/mol. The van der Waals surface area contributed by atoms with Gasteiger partial charge in [0.25, 0.3) is 0 Å². The van der Waals surface area contributed by atoms with Crippen LogP contribution < -0.4 is 14.2 Å². The Labute approximate surface area is 128 Å². The van der Waals surface area contributed by atoms with Crippen molar-refractivity contribution < 1.29 is 19.3 Å². The summed E-state index contributed by atoms with van der Waals surface area (Å²) in [4.78, 5) is 0. The van der Waals surface area contributed by atoms with Gasteiger partial charge in [-0.15, -0.1) is 0 Å². The van der Waals surface area contributed by atoms with E-state index in [1.165, 1.54) is 19.3 Å². The third kappa shape index (κ3) is 5.12. The van der Waals surface area contributed by atoms with Crippen LogP contribution in [0.5, 0.6) is 17.2 Å². The summed E-state index contributed by atoms with van der Waals surface area (Å²) in [6.07, 6.45) is 6.17. The highest BCUT2D eigenvalue weighted by Gasteiger charge is 2.17. The summed E-state index contributed by atoms with van der Waals surface area (Å²) >= 11 is 0. The maximum absolute atomic E-state index is 10.3. The van der Waals surface area contributed by atoms with E-state index >= 15 is 0 Å². The second kappa shape index (κ2) is 9.50. The van der Waals surface area contributed by atoms with E-state index in [1.807, 2.05) is 12.1 Å². The Morgan fingerprint density at radius 1 is 0.905 bits per heavy atom. The summed E-state index contributed by atoms with van der Waals surface area (Å²) in [6, 6.07) is 3.64. The topological polar surface area (TPSA) is 47.9 Å². The monoisotopic (exact) mass is 296 g/mol. The molecule has 1 rings (SSSR count). The Bertz CT molecular complexity index is 392. The number of aliphatic hydroxyl groups is 1. The predicted octanol–water partition coefficient (Wildman–Crippen LogP) is 4.11. The van der Waals surface area contributed by atoms with E-state index in [0.717, 1.165) is 24.8 Å². The number of ether oxygens (including phenoxy) is 3. The summed E-state index contributed by atoms with van der Waals surface area (Å²) in [7, 11) is 4.74. The number of unbranched alkanes of at least 4 members (excludes halogenated alkanes) is 4. The van der Waals surface area contributed by atoms with Gasteiger partial charge in [0, 0.05) is 0 Å². The minimum atomic E-state index is -0.500. The molecule has 0 bridgehead atoms. The predicted molar refractivity (Wildman–Crippen MR) is 84.4 cm³/mol. The van der Waals surface area contributed by atoms with Crippen LogP contribution in [0.1, 0.15) is 57.1 Å². The van der Waals surface area contributed by atoms with Crippen LogP contribution in [0, 0.1) is 0 Å². The van der Waals surface area contributed by atoms with E-state index in [-0.39, 0.29) is 0 Å². The van der Waals surface area contributed by atoms with Crippen LogP contribution in [-0.4, -0.2) is 26.4 Å². The molecule has 1 aromatic rings. The largest absolute Gasteiger partial charge is 0.493 e. The maximum atomic E-state index is 10.3. The van der Waals surface area contributed by atoms with Gasteiger partial charge in [-0.2, -0.15) is 0 Å². The summed E-state index contributed by atoms with van der Waals surface area (Å²) in [6.45, 7) is 2.20. The van der Waals surface area contributed by atoms with E-state index in [0.29, 0.717) is 17.2 Å². The van der Waals surface area contributed by atoms with Crippen LogP contribution in [0.3, 0.4) is 0 Å². The lowest BCUT2D eigenvalue weighted by Crippen LogP contribution is -2.01. The van der Waals surface area contributed by atoms with Crippen LogP contribution in [0.25, 0.3) is 0 Å². The van der Waals surface area contributed by atoms with E-state index in [1.54, 1.807) is 21.3 Å². The average molecular weight is 296 g/mol. The van der Waals surface area contributed by atoms with E-state index in [4.69, 9.17) is 14.2 Å². The molecule has 1 aromatic carbocycles. The molecule has 0 fully saturated rings. The van der Waals surface area contributed by atoms with Gasteiger partial charge >= 0.3 is 0 Å². The molecule has 0 aliphatic carbocycles. The molecule has 0 saturated heterocycles. The molecular formula is C17H28O4. The maximum Gasteiger partial charge on any atom is 0.203 e. The number of hydrogen-bond donors (Lipinski definition) is 1. The Balaban J connectivity index is 2.73. The molecule has 0 radical (unpaired) electrons. The molecule has 0 aromatic heterocycles. The number of rotatable bonds is 10. The first-order chi connectivity index (χ1) is 10.2. The van der Waals surface area contributed by atoms with Gasteiger partial charge in [-0.1, -0.05) is 39.0 Å². The molecule has 1 atom stereocenters. The molecule has 1 N–H and O–H groups in total. The number of benzene rings is 1. The van der Waals surface area contributed by atoms with Crippen molar-refractivity contribution in [2.24, 2.45) is 0 Å². The smallest absolute Gasteiger partial charge is 0.203 e. The minimum absolute atomic E-state index is 0.500. The Kier molecular flexibility index (Phi) is 7.98.